The fourth-order valence-corrected chi connectivity index (χ4v) is 1.83. The van der Waals surface area contributed by atoms with Crippen LogP contribution in [0.4, 0.5) is 5.69 Å². The van der Waals surface area contributed by atoms with Crippen molar-refractivity contribution < 1.29 is 5.11 Å². The molecular weight excluding hydrogens is 198 g/mol. The van der Waals surface area contributed by atoms with E-state index < -0.39 is 5.60 Å². The Balaban J connectivity index is 1.95. The van der Waals surface area contributed by atoms with Gasteiger partial charge in [0.25, 0.3) is 0 Å². The van der Waals surface area contributed by atoms with Gasteiger partial charge in [-0.25, -0.2) is 0 Å². The molecule has 0 spiro atoms. The summed E-state index contributed by atoms with van der Waals surface area (Å²) >= 11 is 5.97. The molecule has 0 saturated heterocycles. The van der Waals surface area contributed by atoms with Crippen LogP contribution in [-0.4, -0.2) is 17.3 Å². The second-order valence-electron chi connectivity index (χ2n) is 3.91. The molecule has 2 rings (SSSR count). The van der Waals surface area contributed by atoms with Gasteiger partial charge in [-0.1, -0.05) is 23.7 Å². The van der Waals surface area contributed by atoms with E-state index in [1.807, 2.05) is 24.3 Å². The molecular formula is C11H14ClNO. The van der Waals surface area contributed by atoms with Gasteiger partial charge in [-0.3, -0.25) is 0 Å². The summed E-state index contributed by atoms with van der Waals surface area (Å²) in [4.78, 5) is 0. The first-order valence-corrected chi connectivity index (χ1v) is 5.28. The summed E-state index contributed by atoms with van der Waals surface area (Å²) in [5.74, 6) is 0. The van der Waals surface area contributed by atoms with Gasteiger partial charge in [0.05, 0.1) is 16.3 Å². The van der Waals surface area contributed by atoms with Crippen molar-refractivity contribution in [1.29, 1.82) is 0 Å². The Hall–Kier alpha value is -0.730. The van der Waals surface area contributed by atoms with Crippen LogP contribution in [0.3, 0.4) is 0 Å². The lowest BCUT2D eigenvalue weighted by molar-refractivity contribution is -0.0201. The van der Waals surface area contributed by atoms with Gasteiger partial charge in [-0.15, -0.1) is 0 Å². The van der Waals surface area contributed by atoms with E-state index >= 15 is 0 Å². The quantitative estimate of drug-likeness (QED) is 0.806. The molecule has 1 fully saturated rings. The molecule has 1 saturated carbocycles. The lowest BCUT2D eigenvalue weighted by atomic mass is 9.80. The number of para-hydroxylation sites is 1. The van der Waals surface area contributed by atoms with Crippen molar-refractivity contribution in [3.05, 3.63) is 29.3 Å². The fourth-order valence-electron chi connectivity index (χ4n) is 1.63. The minimum absolute atomic E-state index is 0.501. The van der Waals surface area contributed by atoms with Crippen LogP contribution in [0.25, 0.3) is 0 Å². The molecule has 0 atom stereocenters. The van der Waals surface area contributed by atoms with Crippen LogP contribution >= 0.6 is 11.6 Å². The van der Waals surface area contributed by atoms with Gasteiger partial charge in [0.2, 0.25) is 0 Å². The van der Waals surface area contributed by atoms with Crippen molar-refractivity contribution in [2.24, 2.45) is 0 Å². The summed E-state index contributed by atoms with van der Waals surface area (Å²) in [5, 5.41) is 13.7. The minimum Gasteiger partial charge on any atom is -0.388 e. The second-order valence-corrected chi connectivity index (χ2v) is 4.32. The highest BCUT2D eigenvalue weighted by Gasteiger charge is 2.33. The van der Waals surface area contributed by atoms with E-state index in [4.69, 9.17) is 11.6 Å². The lowest BCUT2D eigenvalue weighted by Crippen LogP contribution is -2.43. The van der Waals surface area contributed by atoms with Crippen LogP contribution in [0, 0.1) is 0 Å². The van der Waals surface area contributed by atoms with Gasteiger partial charge >= 0.3 is 0 Å². The molecule has 0 amide bonds. The van der Waals surface area contributed by atoms with Crippen LogP contribution in [-0.2, 0) is 0 Å². The third-order valence-corrected chi connectivity index (χ3v) is 3.10. The summed E-state index contributed by atoms with van der Waals surface area (Å²) < 4.78 is 0. The average molecular weight is 212 g/mol. The maximum Gasteiger partial charge on any atom is 0.0819 e. The van der Waals surface area contributed by atoms with E-state index in [2.05, 4.69) is 5.32 Å². The highest BCUT2D eigenvalue weighted by Crippen LogP contribution is 2.32. The lowest BCUT2D eigenvalue weighted by Gasteiger charge is -2.36. The average Bonchev–Trinajstić information content (AvgIpc) is 2.14. The number of nitrogens with one attached hydrogen (secondary N) is 1. The van der Waals surface area contributed by atoms with Crippen LogP contribution in [0.1, 0.15) is 19.3 Å². The number of halogens is 1. The van der Waals surface area contributed by atoms with Crippen LogP contribution < -0.4 is 5.32 Å². The monoisotopic (exact) mass is 211 g/mol. The Morgan fingerprint density at radius 2 is 2.07 bits per heavy atom. The van der Waals surface area contributed by atoms with Gasteiger partial charge in [-0.2, -0.15) is 0 Å². The maximum absolute atomic E-state index is 9.86. The molecule has 76 valence electrons. The Kier molecular flexibility index (Phi) is 2.66. The second kappa shape index (κ2) is 3.79. The number of anilines is 1. The van der Waals surface area contributed by atoms with Gasteiger partial charge in [0.15, 0.2) is 0 Å². The molecule has 1 aliphatic rings. The highest BCUT2D eigenvalue weighted by atomic mass is 35.5. The number of benzene rings is 1. The third kappa shape index (κ3) is 2.02. The highest BCUT2D eigenvalue weighted by molar-refractivity contribution is 6.33. The van der Waals surface area contributed by atoms with Crippen molar-refractivity contribution >= 4 is 17.3 Å². The first kappa shape index (κ1) is 9.81. The van der Waals surface area contributed by atoms with E-state index in [-0.39, 0.29) is 0 Å². The van der Waals surface area contributed by atoms with Crippen molar-refractivity contribution in [3.63, 3.8) is 0 Å². The molecule has 0 aromatic heterocycles. The normalized spacial score (nSPS) is 18.7. The fraction of sp³-hybridized carbons (Fsp3) is 0.455. The molecule has 0 radical (unpaired) electrons. The number of hydrogen-bond acceptors (Lipinski definition) is 2. The van der Waals surface area contributed by atoms with E-state index in [1.54, 1.807) is 0 Å². The summed E-state index contributed by atoms with van der Waals surface area (Å²) in [6.45, 7) is 0.594. The minimum atomic E-state index is -0.501. The van der Waals surface area contributed by atoms with Crippen LogP contribution in [0.15, 0.2) is 24.3 Å². The van der Waals surface area contributed by atoms with E-state index in [1.165, 1.54) is 0 Å². The first-order chi connectivity index (χ1) is 6.70. The number of rotatable bonds is 3. The van der Waals surface area contributed by atoms with Crippen molar-refractivity contribution in [2.75, 3.05) is 11.9 Å². The van der Waals surface area contributed by atoms with Gasteiger partial charge in [0, 0.05) is 6.54 Å². The zero-order valence-electron chi connectivity index (χ0n) is 7.96. The number of hydrogen-bond donors (Lipinski definition) is 2. The zero-order chi connectivity index (χ0) is 10.0. The van der Waals surface area contributed by atoms with Gasteiger partial charge in [0.1, 0.15) is 0 Å². The molecule has 14 heavy (non-hydrogen) atoms. The van der Waals surface area contributed by atoms with E-state index in [9.17, 15) is 5.11 Å². The van der Waals surface area contributed by atoms with E-state index in [0.29, 0.717) is 11.6 Å². The molecule has 3 heteroatoms. The molecule has 0 bridgehead atoms. The molecule has 2 N–H and O–H groups in total. The van der Waals surface area contributed by atoms with Gasteiger partial charge < -0.3 is 10.4 Å². The summed E-state index contributed by atoms with van der Waals surface area (Å²) in [6.07, 6.45) is 2.91. The first-order valence-electron chi connectivity index (χ1n) is 4.90. The summed E-state index contributed by atoms with van der Waals surface area (Å²) in [6, 6.07) is 7.59. The Labute approximate surface area is 88.9 Å². The summed E-state index contributed by atoms with van der Waals surface area (Å²) in [5.41, 5.74) is 0.397. The molecule has 0 heterocycles. The topological polar surface area (TPSA) is 32.3 Å². The molecule has 1 aliphatic carbocycles. The maximum atomic E-state index is 9.86. The van der Waals surface area contributed by atoms with E-state index in [0.717, 1.165) is 24.9 Å². The van der Waals surface area contributed by atoms with Crippen molar-refractivity contribution in [2.45, 2.75) is 24.9 Å². The smallest absolute Gasteiger partial charge is 0.0819 e. The Morgan fingerprint density at radius 1 is 1.36 bits per heavy atom. The predicted octanol–water partition coefficient (Wildman–Crippen LogP) is 2.67. The SMILES string of the molecule is OC1(CNc2ccccc2Cl)CCC1. The number of aliphatic hydroxyl groups is 1. The van der Waals surface area contributed by atoms with Crippen molar-refractivity contribution in [1.82, 2.24) is 0 Å². The van der Waals surface area contributed by atoms with Crippen molar-refractivity contribution in [3.8, 4) is 0 Å². The zero-order valence-corrected chi connectivity index (χ0v) is 8.72. The summed E-state index contributed by atoms with van der Waals surface area (Å²) in [7, 11) is 0. The Morgan fingerprint density at radius 3 is 2.64 bits per heavy atom. The molecule has 0 aliphatic heterocycles. The predicted molar refractivity (Wildman–Crippen MR) is 58.7 cm³/mol. The Bertz CT molecular complexity index is 323. The van der Waals surface area contributed by atoms with Gasteiger partial charge in [-0.05, 0) is 31.4 Å². The molecule has 2 nitrogen and oxygen atoms in total. The van der Waals surface area contributed by atoms with Crippen LogP contribution in [0.2, 0.25) is 5.02 Å². The molecule has 0 unspecified atom stereocenters. The van der Waals surface area contributed by atoms with Crippen LogP contribution in [0.5, 0.6) is 0 Å². The standard InChI is InChI=1S/C11H14ClNO/c12-9-4-1-2-5-10(9)13-8-11(14)6-3-7-11/h1-2,4-5,13-14H,3,6-8H2. The molecule has 1 aromatic carbocycles. The molecule has 1 aromatic rings. The largest absolute Gasteiger partial charge is 0.388 e. The third-order valence-electron chi connectivity index (χ3n) is 2.77.